The topological polar surface area (TPSA) is 70.2 Å². The van der Waals surface area contributed by atoms with Gasteiger partial charge >= 0.3 is 0 Å². The highest BCUT2D eigenvalue weighted by Crippen LogP contribution is 2.21. The summed E-state index contributed by atoms with van der Waals surface area (Å²) in [6.45, 7) is 0.469. The number of hydrogen-bond acceptors (Lipinski definition) is 4. The molecule has 8 heteroatoms. The quantitative estimate of drug-likeness (QED) is 0.595. The van der Waals surface area contributed by atoms with Crippen LogP contribution in [-0.4, -0.2) is 29.9 Å². The second-order valence-electron chi connectivity index (χ2n) is 6.89. The summed E-state index contributed by atoms with van der Waals surface area (Å²) in [7, 11) is 0. The van der Waals surface area contributed by atoms with Crippen LogP contribution < -0.4 is 16.0 Å². The first-order chi connectivity index (χ1) is 14.0. The minimum atomic E-state index is -0.276. The minimum absolute atomic E-state index is 0.0727. The van der Waals surface area contributed by atoms with Gasteiger partial charge in [-0.25, -0.2) is 4.39 Å². The third-order valence-corrected chi connectivity index (χ3v) is 5.82. The Bertz CT molecular complexity index is 850. The van der Waals surface area contributed by atoms with Crippen molar-refractivity contribution in [1.29, 1.82) is 0 Å². The Hall–Kier alpha value is -2.09. The van der Waals surface area contributed by atoms with E-state index < -0.39 is 0 Å². The Labute approximate surface area is 178 Å². The Morgan fingerprint density at radius 2 is 2.00 bits per heavy atom. The van der Waals surface area contributed by atoms with Gasteiger partial charge in [0.1, 0.15) is 11.3 Å². The Balaban J connectivity index is 1.41. The van der Waals surface area contributed by atoms with Crippen LogP contribution >= 0.6 is 23.4 Å². The van der Waals surface area contributed by atoms with E-state index in [1.54, 1.807) is 23.9 Å². The van der Waals surface area contributed by atoms with Crippen LogP contribution in [0.1, 0.15) is 24.0 Å². The van der Waals surface area contributed by atoms with E-state index in [4.69, 9.17) is 11.6 Å². The smallest absolute Gasteiger partial charge is 0.223 e. The van der Waals surface area contributed by atoms with E-state index in [1.807, 2.05) is 24.3 Å². The van der Waals surface area contributed by atoms with E-state index in [2.05, 4.69) is 16.0 Å². The lowest BCUT2D eigenvalue weighted by molar-refractivity contribution is -0.125. The molecule has 3 rings (SSSR count). The van der Waals surface area contributed by atoms with Gasteiger partial charge in [-0.05, 0) is 41.8 Å². The highest BCUT2D eigenvalue weighted by molar-refractivity contribution is 7.99. The molecule has 0 spiro atoms. The van der Waals surface area contributed by atoms with Crippen molar-refractivity contribution < 1.29 is 14.0 Å². The largest absolute Gasteiger partial charge is 0.356 e. The minimum Gasteiger partial charge on any atom is -0.356 e. The monoisotopic (exact) mass is 435 g/mol. The van der Waals surface area contributed by atoms with Gasteiger partial charge in [0.2, 0.25) is 11.8 Å². The lowest BCUT2D eigenvalue weighted by atomic mass is 10.1. The Morgan fingerprint density at radius 1 is 1.21 bits per heavy atom. The van der Waals surface area contributed by atoms with Gasteiger partial charge in [-0.1, -0.05) is 35.9 Å². The number of amides is 2. The molecule has 1 saturated heterocycles. The van der Waals surface area contributed by atoms with E-state index in [1.165, 1.54) is 12.1 Å². The zero-order valence-electron chi connectivity index (χ0n) is 15.8. The number of rotatable bonds is 8. The third kappa shape index (κ3) is 7.34. The van der Waals surface area contributed by atoms with E-state index >= 15 is 0 Å². The number of hydrogen-bond donors (Lipinski definition) is 3. The number of halogens is 2. The van der Waals surface area contributed by atoms with Crippen molar-refractivity contribution in [2.75, 3.05) is 6.54 Å². The molecule has 2 atom stereocenters. The van der Waals surface area contributed by atoms with Gasteiger partial charge in [0.25, 0.3) is 0 Å². The van der Waals surface area contributed by atoms with Crippen LogP contribution in [0.5, 0.6) is 0 Å². The van der Waals surface area contributed by atoms with Crippen LogP contribution in [0, 0.1) is 5.82 Å². The average Bonchev–Trinajstić information content (AvgIpc) is 2.68. The normalized spacial score (nSPS) is 18.9. The molecular formula is C21H23ClFN3O2S. The summed E-state index contributed by atoms with van der Waals surface area (Å²) in [5.74, 6) is 0.228. The van der Waals surface area contributed by atoms with Crippen molar-refractivity contribution in [1.82, 2.24) is 16.0 Å². The summed E-state index contributed by atoms with van der Waals surface area (Å²) in [5.41, 5.74) is 1.77. The molecule has 1 aliphatic heterocycles. The number of benzene rings is 2. The van der Waals surface area contributed by atoms with Crippen LogP contribution in [-0.2, 0) is 21.8 Å². The SMILES string of the molecule is O=C(CC1CC(=O)NC(SCc2cccc(Cl)c2)N1)NCCc1ccc(F)cc1. The highest BCUT2D eigenvalue weighted by Gasteiger charge is 2.27. The number of carbonyl (C=O) groups is 2. The molecule has 1 fully saturated rings. The molecular weight excluding hydrogens is 413 g/mol. The molecule has 5 nitrogen and oxygen atoms in total. The van der Waals surface area contributed by atoms with Crippen LogP contribution in [0.3, 0.4) is 0 Å². The maximum atomic E-state index is 12.9. The molecule has 154 valence electrons. The predicted octanol–water partition coefficient (Wildman–Crippen LogP) is 3.22. The molecule has 3 N–H and O–H groups in total. The summed E-state index contributed by atoms with van der Waals surface area (Å²) in [6.07, 6.45) is 1.12. The summed E-state index contributed by atoms with van der Waals surface area (Å²) >= 11 is 7.55. The van der Waals surface area contributed by atoms with Gasteiger partial charge in [-0.3, -0.25) is 14.9 Å². The predicted molar refractivity (Wildman–Crippen MR) is 114 cm³/mol. The molecule has 0 aliphatic carbocycles. The number of thioether (sulfide) groups is 1. The van der Waals surface area contributed by atoms with Crippen molar-refractivity contribution in [2.24, 2.45) is 0 Å². The van der Waals surface area contributed by atoms with Crippen molar-refractivity contribution in [3.05, 3.63) is 70.5 Å². The molecule has 0 radical (unpaired) electrons. The first-order valence-corrected chi connectivity index (χ1v) is 10.8. The fourth-order valence-corrected chi connectivity index (χ4v) is 4.32. The molecule has 2 amide bonds. The van der Waals surface area contributed by atoms with Crippen LogP contribution in [0.4, 0.5) is 4.39 Å². The molecule has 1 heterocycles. The van der Waals surface area contributed by atoms with Crippen molar-refractivity contribution in [2.45, 2.75) is 36.6 Å². The van der Waals surface area contributed by atoms with Gasteiger partial charge < -0.3 is 10.6 Å². The second kappa shape index (κ2) is 10.6. The van der Waals surface area contributed by atoms with E-state index in [0.29, 0.717) is 23.7 Å². The molecule has 29 heavy (non-hydrogen) atoms. The summed E-state index contributed by atoms with van der Waals surface area (Å²) in [5, 5.41) is 9.74. The molecule has 0 aromatic heterocycles. The summed E-state index contributed by atoms with van der Waals surface area (Å²) in [6, 6.07) is 13.6. The Kier molecular flexibility index (Phi) is 7.91. The zero-order valence-corrected chi connectivity index (χ0v) is 17.4. The molecule has 0 bridgehead atoms. The van der Waals surface area contributed by atoms with Crippen molar-refractivity contribution in [3.63, 3.8) is 0 Å². The highest BCUT2D eigenvalue weighted by atomic mass is 35.5. The van der Waals surface area contributed by atoms with Gasteiger partial charge in [0.05, 0.1) is 0 Å². The van der Waals surface area contributed by atoms with Gasteiger partial charge in [-0.15, -0.1) is 11.8 Å². The molecule has 2 aromatic carbocycles. The molecule has 1 aliphatic rings. The van der Waals surface area contributed by atoms with E-state index in [9.17, 15) is 14.0 Å². The standard InChI is InChI=1S/C21H23ClFN3O2S/c22-16-3-1-2-15(10-16)13-29-21-25-18(12-20(28)26-21)11-19(27)24-9-8-14-4-6-17(23)7-5-14/h1-7,10,18,21,25H,8-9,11-13H2,(H,24,27)(H,26,28). The molecule has 0 saturated carbocycles. The van der Waals surface area contributed by atoms with E-state index in [-0.39, 0.29) is 42.0 Å². The van der Waals surface area contributed by atoms with Crippen LogP contribution in [0.15, 0.2) is 48.5 Å². The molecule has 2 aromatic rings. The third-order valence-electron chi connectivity index (χ3n) is 4.50. The zero-order chi connectivity index (χ0) is 20.6. The maximum absolute atomic E-state index is 12.9. The van der Waals surface area contributed by atoms with Gasteiger partial charge in [0, 0.05) is 36.2 Å². The molecule has 2 unspecified atom stereocenters. The lowest BCUT2D eigenvalue weighted by Gasteiger charge is -2.31. The second-order valence-corrected chi connectivity index (χ2v) is 8.42. The van der Waals surface area contributed by atoms with Crippen LogP contribution in [0.25, 0.3) is 0 Å². The Morgan fingerprint density at radius 3 is 2.76 bits per heavy atom. The van der Waals surface area contributed by atoms with Gasteiger partial charge in [0.15, 0.2) is 0 Å². The summed E-state index contributed by atoms with van der Waals surface area (Å²) in [4.78, 5) is 24.2. The number of nitrogens with one attached hydrogen (secondary N) is 3. The van der Waals surface area contributed by atoms with Crippen molar-refractivity contribution >= 4 is 35.2 Å². The summed E-state index contributed by atoms with van der Waals surface area (Å²) < 4.78 is 12.9. The first kappa shape index (κ1) is 21.6. The van der Waals surface area contributed by atoms with Crippen molar-refractivity contribution in [3.8, 4) is 0 Å². The van der Waals surface area contributed by atoms with Crippen LogP contribution in [0.2, 0.25) is 5.02 Å². The fraction of sp³-hybridized carbons (Fsp3) is 0.333. The number of carbonyl (C=O) groups excluding carboxylic acids is 2. The van der Waals surface area contributed by atoms with E-state index in [0.717, 1.165) is 11.1 Å². The van der Waals surface area contributed by atoms with Gasteiger partial charge in [-0.2, -0.15) is 0 Å². The fourth-order valence-electron chi connectivity index (χ4n) is 3.06. The lowest BCUT2D eigenvalue weighted by Crippen LogP contribution is -2.55. The average molecular weight is 436 g/mol. The first-order valence-electron chi connectivity index (χ1n) is 9.40. The maximum Gasteiger partial charge on any atom is 0.223 e.